The molecule has 31 heavy (non-hydrogen) atoms. The van der Waals surface area contributed by atoms with Crippen LogP contribution in [-0.4, -0.2) is 82.4 Å². The monoisotopic (exact) mass is 466 g/mol. The molecule has 0 unspecified atom stereocenters. The lowest BCUT2D eigenvalue weighted by Gasteiger charge is -2.36. The van der Waals surface area contributed by atoms with Gasteiger partial charge < -0.3 is 14.4 Å². The Labute approximate surface area is 190 Å². The number of aromatic nitrogens is 3. The molecule has 0 N–H and O–H groups in total. The third-order valence-electron chi connectivity index (χ3n) is 4.96. The molecule has 11 heteroatoms. The number of carbonyl (C=O) groups is 1. The van der Waals surface area contributed by atoms with Gasteiger partial charge in [0.15, 0.2) is 11.5 Å². The maximum Gasteiger partial charge on any atom is 0.414 e. The summed E-state index contributed by atoms with van der Waals surface area (Å²) in [5.41, 5.74) is 0.807. The van der Waals surface area contributed by atoms with Gasteiger partial charge in [0, 0.05) is 38.4 Å². The zero-order chi connectivity index (χ0) is 22.2. The van der Waals surface area contributed by atoms with E-state index in [9.17, 15) is 4.79 Å². The molecule has 0 aromatic carbocycles. The molecule has 2 aromatic heterocycles. The quantitative estimate of drug-likeness (QED) is 0.638. The normalized spacial score (nSPS) is 18.6. The highest BCUT2D eigenvalue weighted by atomic mass is 35.5. The highest BCUT2D eigenvalue weighted by Crippen LogP contribution is 2.32. The number of hydrogen-bond donors (Lipinski definition) is 0. The zero-order valence-corrected chi connectivity index (χ0v) is 19.6. The van der Waals surface area contributed by atoms with Gasteiger partial charge >= 0.3 is 6.09 Å². The number of ether oxygens (including phenoxy) is 2. The Morgan fingerprint density at radius 1 is 1.19 bits per heavy atom. The molecule has 1 amide bonds. The summed E-state index contributed by atoms with van der Waals surface area (Å²) in [5, 5.41) is 1.13. The number of morpholine rings is 1. The van der Waals surface area contributed by atoms with E-state index in [1.165, 1.54) is 0 Å². The van der Waals surface area contributed by atoms with Crippen molar-refractivity contribution in [2.24, 2.45) is 0 Å². The first-order valence-corrected chi connectivity index (χ1v) is 11.5. The van der Waals surface area contributed by atoms with Crippen molar-refractivity contribution in [1.29, 1.82) is 0 Å². The van der Waals surface area contributed by atoms with E-state index in [4.69, 9.17) is 26.1 Å². The highest BCUT2D eigenvalue weighted by Gasteiger charge is 2.29. The molecular weight excluding hydrogens is 440 g/mol. The van der Waals surface area contributed by atoms with Crippen molar-refractivity contribution in [3.8, 4) is 0 Å². The number of carbonyl (C=O) groups excluding carboxylic acids is 1. The van der Waals surface area contributed by atoms with Crippen LogP contribution in [0.15, 0.2) is 12.3 Å². The van der Waals surface area contributed by atoms with Crippen molar-refractivity contribution in [2.75, 3.05) is 50.8 Å². The van der Waals surface area contributed by atoms with Crippen molar-refractivity contribution in [3.05, 3.63) is 22.6 Å². The number of nitrogens with zero attached hydrogens (tertiary/aromatic N) is 6. The van der Waals surface area contributed by atoms with Gasteiger partial charge in [0.2, 0.25) is 5.28 Å². The molecule has 9 nitrogen and oxygen atoms in total. The minimum absolute atomic E-state index is 0.199. The van der Waals surface area contributed by atoms with Crippen LogP contribution in [0.4, 0.5) is 10.6 Å². The Balaban J connectivity index is 1.46. The summed E-state index contributed by atoms with van der Waals surface area (Å²) in [7, 11) is 0. The first-order chi connectivity index (χ1) is 14.7. The summed E-state index contributed by atoms with van der Waals surface area (Å²) in [6, 6.07) is 0. The lowest BCUT2D eigenvalue weighted by atomic mass is 10.2. The molecular formula is C20H27ClN6O3S. The van der Waals surface area contributed by atoms with Crippen molar-refractivity contribution in [2.45, 2.75) is 32.9 Å². The molecule has 0 atom stereocenters. The molecule has 4 heterocycles. The van der Waals surface area contributed by atoms with Crippen LogP contribution in [0.5, 0.6) is 0 Å². The standard InChI is InChI=1S/C20H27ClN6O3S/c1-13-11-25(5-6-27(13)19(28)30-20(2,3)4)12-14-22-16-15(31-14)17(24-18(21)23-16)26-7-9-29-10-8-26/h1,5-12H2,2-4H3. The number of rotatable bonds is 3. The maximum atomic E-state index is 12.4. The molecule has 0 aliphatic carbocycles. The fraction of sp³-hybridized carbons (Fsp3) is 0.600. The van der Waals surface area contributed by atoms with E-state index in [1.807, 2.05) is 20.8 Å². The van der Waals surface area contributed by atoms with Gasteiger partial charge in [0.05, 0.1) is 19.8 Å². The first kappa shape index (κ1) is 22.2. The van der Waals surface area contributed by atoms with Gasteiger partial charge in [0.25, 0.3) is 0 Å². The largest absolute Gasteiger partial charge is 0.443 e. The maximum absolute atomic E-state index is 12.4. The molecule has 0 bridgehead atoms. The number of fused-ring (bicyclic) bond motifs is 1. The minimum Gasteiger partial charge on any atom is -0.443 e. The van der Waals surface area contributed by atoms with Crippen LogP contribution in [0.3, 0.4) is 0 Å². The average Bonchev–Trinajstić information content (AvgIpc) is 3.08. The number of hydrogen-bond acceptors (Lipinski definition) is 9. The second-order valence-corrected chi connectivity index (χ2v) is 10.0. The lowest BCUT2D eigenvalue weighted by molar-refractivity contribution is 0.0238. The van der Waals surface area contributed by atoms with Gasteiger partial charge in [-0.3, -0.25) is 9.80 Å². The topological polar surface area (TPSA) is 83.9 Å². The molecule has 4 rings (SSSR count). The van der Waals surface area contributed by atoms with Crippen LogP contribution < -0.4 is 4.90 Å². The molecule has 0 saturated carbocycles. The van der Waals surface area contributed by atoms with Crippen LogP contribution in [0, 0.1) is 0 Å². The number of thiazole rings is 1. The Hall–Kier alpha value is -2.01. The fourth-order valence-electron chi connectivity index (χ4n) is 3.57. The third-order valence-corrected chi connectivity index (χ3v) is 6.16. The van der Waals surface area contributed by atoms with Gasteiger partial charge in [-0.25, -0.2) is 9.78 Å². The Bertz CT molecular complexity index is 985. The van der Waals surface area contributed by atoms with E-state index >= 15 is 0 Å². The predicted molar refractivity (Wildman–Crippen MR) is 121 cm³/mol. The van der Waals surface area contributed by atoms with Crippen molar-refractivity contribution in [3.63, 3.8) is 0 Å². The molecule has 2 aliphatic rings. The number of amides is 1. The first-order valence-electron chi connectivity index (χ1n) is 10.3. The summed E-state index contributed by atoms with van der Waals surface area (Å²) >= 11 is 7.75. The Morgan fingerprint density at radius 3 is 2.61 bits per heavy atom. The Kier molecular flexibility index (Phi) is 6.34. The molecule has 0 radical (unpaired) electrons. The van der Waals surface area contributed by atoms with Gasteiger partial charge in [0.1, 0.15) is 15.3 Å². The smallest absolute Gasteiger partial charge is 0.414 e. The SMILES string of the molecule is C=C1CN(Cc2nc3nc(Cl)nc(N4CCOCC4)c3s2)CCN1C(=O)OC(C)(C)C. The van der Waals surface area contributed by atoms with Crippen LogP contribution in [0.25, 0.3) is 10.3 Å². The lowest BCUT2D eigenvalue weighted by Crippen LogP contribution is -2.47. The number of halogens is 1. The minimum atomic E-state index is -0.532. The second-order valence-electron chi connectivity index (χ2n) is 8.58. The van der Waals surface area contributed by atoms with Crippen LogP contribution in [0.1, 0.15) is 25.8 Å². The van der Waals surface area contributed by atoms with Crippen LogP contribution in [0.2, 0.25) is 5.28 Å². The number of anilines is 1. The molecule has 2 aromatic rings. The molecule has 2 aliphatic heterocycles. The summed E-state index contributed by atoms with van der Waals surface area (Å²) in [6.07, 6.45) is -0.350. The van der Waals surface area contributed by atoms with Crippen molar-refractivity contribution < 1.29 is 14.3 Å². The summed E-state index contributed by atoms with van der Waals surface area (Å²) < 4.78 is 11.9. The average molecular weight is 467 g/mol. The van der Waals surface area contributed by atoms with Gasteiger partial charge in [-0.05, 0) is 32.4 Å². The van der Waals surface area contributed by atoms with Gasteiger partial charge in [-0.15, -0.1) is 11.3 Å². The predicted octanol–water partition coefficient (Wildman–Crippen LogP) is 3.14. The van der Waals surface area contributed by atoms with Crippen molar-refractivity contribution >= 4 is 45.2 Å². The van der Waals surface area contributed by atoms with E-state index in [0.29, 0.717) is 45.0 Å². The Morgan fingerprint density at radius 2 is 1.94 bits per heavy atom. The highest BCUT2D eigenvalue weighted by molar-refractivity contribution is 7.19. The van der Waals surface area contributed by atoms with E-state index in [-0.39, 0.29) is 11.4 Å². The van der Waals surface area contributed by atoms with Crippen molar-refractivity contribution in [1.82, 2.24) is 24.8 Å². The fourth-order valence-corrected chi connectivity index (χ4v) is 4.79. The molecule has 0 spiro atoms. The van der Waals surface area contributed by atoms with Gasteiger partial charge in [-0.1, -0.05) is 6.58 Å². The second kappa shape index (κ2) is 8.85. The zero-order valence-electron chi connectivity index (χ0n) is 18.1. The third kappa shape index (κ3) is 5.25. The summed E-state index contributed by atoms with van der Waals surface area (Å²) in [4.78, 5) is 31.9. The van der Waals surface area contributed by atoms with E-state index in [0.717, 1.165) is 34.3 Å². The summed E-state index contributed by atoms with van der Waals surface area (Å²) in [5.74, 6) is 0.821. The van der Waals surface area contributed by atoms with Gasteiger partial charge in [-0.2, -0.15) is 9.97 Å². The van der Waals surface area contributed by atoms with E-state index < -0.39 is 5.60 Å². The molecule has 2 fully saturated rings. The summed E-state index contributed by atoms with van der Waals surface area (Å²) in [6.45, 7) is 15.0. The van der Waals surface area contributed by atoms with E-state index in [2.05, 4.69) is 26.3 Å². The number of piperazine rings is 1. The van der Waals surface area contributed by atoms with Crippen LogP contribution >= 0.6 is 22.9 Å². The van der Waals surface area contributed by atoms with Crippen LogP contribution in [-0.2, 0) is 16.0 Å². The molecule has 2 saturated heterocycles. The van der Waals surface area contributed by atoms with E-state index in [1.54, 1.807) is 16.2 Å². The molecule has 168 valence electrons.